The highest BCUT2D eigenvalue weighted by molar-refractivity contribution is 6.14. The van der Waals surface area contributed by atoms with Crippen molar-refractivity contribution in [1.82, 2.24) is 4.90 Å². The van der Waals surface area contributed by atoms with Gasteiger partial charge in [0.25, 0.3) is 5.91 Å². The number of carbonyl (C=O) groups is 2. The van der Waals surface area contributed by atoms with Crippen LogP contribution in [-0.4, -0.2) is 42.4 Å². The SMILES string of the molecule is BC(c1ccccc1OCCCCCC(=O)O)N(C(=O)c1ccc(-c2ccoc2)cc1)C1CCCC1. The number of amides is 1. The number of hydrogen-bond acceptors (Lipinski definition) is 4. The van der Waals surface area contributed by atoms with Crippen LogP contribution in [0.4, 0.5) is 0 Å². The Morgan fingerprint density at radius 3 is 2.44 bits per heavy atom. The van der Waals surface area contributed by atoms with Gasteiger partial charge in [-0.2, -0.15) is 0 Å². The summed E-state index contributed by atoms with van der Waals surface area (Å²) in [6, 6.07) is 17.8. The fourth-order valence-electron chi connectivity index (χ4n) is 5.07. The summed E-state index contributed by atoms with van der Waals surface area (Å²) in [7, 11) is 2.09. The molecule has 1 saturated carbocycles. The lowest BCUT2D eigenvalue weighted by Crippen LogP contribution is -2.42. The normalized spacial score (nSPS) is 14.4. The molecule has 7 heteroatoms. The van der Waals surface area contributed by atoms with Crippen molar-refractivity contribution >= 4 is 19.7 Å². The number of hydrogen-bond donors (Lipinski definition) is 1. The summed E-state index contributed by atoms with van der Waals surface area (Å²) in [6.45, 7) is 0.524. The van der Waals surface area contributed by atoms with E-state index in [0.717, 1.165) is 61.0 Å². The average Bonchev–Trinajstić information content (AvgIpc) is 3.61. The van der Waals surface area contributed by atoms with Crippen molar-refractivity contribution in [3.05, 3.63) is 78.3 Å². The van der Waals surface area contributed by atoms with Gasteiger partial charge in [-0.3, -0.25) is 9.59 Å². The molecular formula is C29H34BNO5. The van der Waals surface area contributed by atoms with Crippen molar-refractivity contribution in [3.63, 3.8) is 0 Å². The van der Waals surface area contributed by atoms with Gasteiger partial charge in [-0.05, 0) is 61.9 Å². The van der Waals surface area contributed by atoms with Crippen LogP contribution in [-0.2, 0) is 4.79 Å². The number of carboxylic acids is 1. The van der Waals surface area contributed by atoms with Gasteiger partial charge in [0, 0.05) is 35.1 Å². The second-order valence-corrected chi connectivity index (χ2v) is 9.51. The van der Waals surface area contributed by atoms with Crippen molar-refractivity contribution in [2.24, 2.45) is 0 Å². The highest BCUT2D eigenvalue weighted by atomic mass is 16.5. The van der Waals surface area contributed by atoms with Crippen LogP contribution < -0.4 is 4.74 Å². The third-order valence-corrected chi connectivity index (χ3v) is 7.02. The number of rotatable bonds is 12. The molecule has 0 spiro atoms. The van der Waals surface area contributed by atoms with Crippen LogP contribution in [0.5, 0.6) is 5.75 Å². The summed E-state index contributed by atoms with van der Waals surface area (Å²) in [6.07, 6.45) is 10.1. The molecule has 1 unspecified atom stereocenters. The zero-order valence-corrected chi connectivity index (χ0v) is 20.9. The molecule has 1 heterocycles. The molecule has 0 saturated heterocycles. The Morgan fingerprint density at radius 2 is 1.75 bits per heavy atom. The van der Waals surface area contributed by atoms with Gasteiger partial charge in [0.2, 0.25) is 0 Å². The molecule has 0 bridgehead atoms. The number of unbranched alkanes of at least 4 members (excludes halogenated alkanes) is 2. The van der Waals surface area contributed by atoms with Crippen molar-refractivity contribution in [2.45, 2.75) is 63.3 Å². The van der Waals surface area contributed by atoms with E-state index in [9.17, 15) is 9.59 Å². The Balaban J connectivity index is 1.50. The molecule has 4 rings (SSSR count). The van der Waals surface area contributed by atoms with Gasteiger partial charge in [-0.15, -0.1) is 0 Å². The Bertz CT molecular complexity index is 1120. The van der Waals surface area contributed by atoms with Crippen LogP contribution in [0.15, 0.2) is 71.5 Å². The van der Waals surface area contributed by atoms with E-state index in [2.05, 4.69) is 12.7 Å². The van der Waals surface area contributed by atoms with Crippen molar-refractivity contribution in [3.8, 4) is 16.9 Å². The van der Waals surface area contributed by atoms with Crippen LogP contribution in [0.3, 0.4) is 0 Å². The number of ether oxygens (including phenoxy) is 1. The first-order valence-electron chi connectivity index (χ1n) is 12.9. The fraction of sp³-hybridized carbons (Fsp3) is 0.379. The number of nitrogens with zero attached hydrogens (tertiary/aromatic N) is 1. The van der Waals surface area contributed by atoms with Gasteiger partial charge in [0.1, 0.15) is 13.6 Å². The zero-order valence-electron chi connectivity index (χ0n) is 20.9. The molecule has 1 fully saturated rings. The molecule has 1 aliphatic rings. The zero-order chi connectivity index (χ0) is 25.3. The third kappa shape index (κ3) is 6.39. The van der Waals surface area contributed by atoms with E-state index >= 15 is 0 Å². The first-order chi connectivity index (χ1) is 17.5. The van der Waals surface area contributed by atoms with Gasteiger partial charge in [-0.25, -0.2) is 0 Å². The van der Waals surface area contributed by atoms with Crippen molar-refractivity contribution < 1.29 is 23.8 Å². The summed E-state index contributed by atoms with van der Waals surface area (Å²) in [4.78, 5) is 26.6. The molecule has 6 nitrogen and oxygen atoms in total. The maximum absolute atomic E-state index is 13.9. The summed E-state index contributed by atoms with van der Waals surface area (Å²) in [5, 5.41) is 8.80. The number of para-hydroxylation sites is 1. The predicted octanol–water partition coefficient (Wildman–Crippen LogP) is 5.69. The van der Waals surface area contributed by atoms with E-state index in [4.69, 9.17) is 14.3 Å². The molecule has 36 heavy (non-hydrogen) atoms. The molecule has 1 aromatic heterocycles. The van der Waals surface area contributed by atoms with Gasteiger partial charge >= 0.3 is 5.97 Å². The van der Waals surface area contributed by atoms with Crippen LogP contribution in [0.1, 0.15) is 73.2 Å². The quantitative estimate of drug-likeness (QED) is 0.262. The molecular weight excluding hydrogens is 453 g/mol. The van der Waals surface area contributed by atoms with Crippen molar-refractivity contribution in [1.29, 1.82) is 0 Å². The highest BCUT2D eigenvalue weighted by Crippen LogP contribution is 2.35. The Morgan fingerprint density at radius 1 is 1.00 bits per heavy atom. The maximum Gasteiger partial charge on any atom is 0.303 e. The molecule has 1 atom stereocenters. The number of carbonyl (C=O) groups excluding carboxylic acids is 1. The van der Waals surface area contributed by atoms with E-state index in [1.54, 1.807) is 12.5 Å². The van der Waals surface area contributed by atoms with Gasteiger partial charge in [-0.1, -0.05) is 43.2 Å². The van der Waals surface area contributed by atoms with Gasteiger partial charge < -0.3 is 19.2 Å². The highest BCUT2D eigenvalue weighted by Gasteiger charge is 2.33. The topological polar surface area (TPSA) is 80.0 Å². The molecule has 1 aliphatic carbocycles. The van der Waals surface area contributed by atoms with E-state index in [-0.39, 0.29) is 24.3 Å². The van der Waals surface area contributed by atoms with E-state index in [1.807, 2.05) is 54.6 Å². The van der Waals surface area contributed by atoms with Crippen LogP contribution in [0.2, 0.25) is 0 Å². The summed E-state index contributed by atoms with van der Waals surface area (Å²) in [5.41, 5.74) is 3.68. The lowest BCUT2D eigenvalue weighted by atomic mass is 9.84. The Labute approximate surface area is 213 Å². The number of benzene rings is 2. The second-order valence-electron chi connectivity index (χ2n) is 9.51. The third-order valence-electron chi connectivity index (χ3n) is 7.02. The van der Waals surface area contributed by atoms with E-state index in [0.29, 0.717) is 18.6 Å². The minimum absolute atomic E-state index is 0.0385. The van der Waals surface area contributed by atoms with Crippen molar-refractivity contribution in [2.75, 3.05) is 6.61 Å². The summed E-state index contributed by atoms with van der Waals surface area (Å²) >= 11 is 0. The van der Waals surface area contributed by atoms with Crippen LogP contribution in [0, 0.1) is 0 Å². The number of carboxylic acid groups (broad SMARTS) is 1. The van der Waals surface area contributed by atoms with Crippen LogP contribution >= 0.6 is 0 Å². The smallest absolute Gasteiger partial charge is 0.303 e. The maximum atomic E-state index is 13.9. The van der Waals surface area contributed by atoms with E-state index in [1.165, 1.54) is 0 Å². The minimum atomic E-state index is -0.761. The predicted molar refractivity (Wildman–Crippen MR) is 142 cm³/mol. The lowest BCUT2D eigenvalue weighted by molar-refractivity contribution is -0.137. The van der Waals surface area contributed by atoms with Crippen LogP contribution in [0.25, 0.3) is 11.1 Å². The minimum Gasteiger partial charge on any atom is -0.493 e. The Hall–Kier alpha value is -3.48. The summed E-state index contributed by atoms with van der Waals surface area (Å²) in [5.74, 6) is -0.0776. The monoisotopic (exact) mass is 487 g/mol. The first kappa shape index (κ1) is 25.6. The molecule has 2 aromatic carbocycles. The fourth-order valence-corrected chi connectivity index (χ4v) is 5.07. The van der Waals surface area contributed by atoms with Gasteiger partial charge in [0.15, 0.2) is 0 Å². The first-order valence-corrected chi connectivity index (χ1v) is 12.9. The van der Waals surface area contributed by atoms with E-state index < -0.39 is 5.97 Å². The lowest BCUT2D eigenvalue weighted by Gasteiger charge is -2.36. The molecule has 3 aromatic rings. The Kier molecular flexibility index (Phi) is 8.88. The molecule has 188 valence electrons. The van der Waals surface area contributed by atoms with Gasteiger partial charge in [0.05, 0.1) is 19.1 Å². The number of aliphatic carboxylic acids is 1. The molecule has 1 amide bonds. The largest absolute Gasteiger partial charge is 0.493 e. The molecule has 1 N–H and O–H groups in total. The standard InChI is InChI=1S/C29H34BNO5/c30-28(25-10-5-6-11-26(25)36-18-7-1-2-12-27(32)33)31(24-8-3-4-9-24)29(34)22-15-13-21(14-16-22)23-17-19-35-20-23/h5-6,10-11,13-17,19-20,24,28H,1-4,7-9,12,18,30H2,(H,32,33). The molecule has 0 aliphatic heterocycles. The summed E-state index contributed by atoms with van der Waals surface area (Å²) < 4.78 is 11.3. The second kappa shape index (κ2) is 12.5. The average molecular weight is 487 g/mol. The molecule has 0 radical (unpaired) electrons. The number of furan rings is 1.